The van der Waals surface area contributed by atoms with E-state index in [9.17, 15) is 9.59 Å². The number of piperazine rings is 1. The quantitative estimate of drug-likeness (QED) is 0.840. The molecule has 2 aromatic rings. The molecule has 1 aliphatic rings. The number of aromatic amines is 1. The largest absolute Gasteiger partial charge is 0.509 e. The molecule has 7 nitrogen and oxygen atoms in total. The van der Waals surface area contributed by atoms with Crippen LogP contribution in [0.3, 0.4) is 0 Å². The molecule has 0 bridgehead atoms. The van der Waals surface area contributed by atoms with Crippen molar-refractivity contribution in [3.05, 3.63) is 35.0 Å². The van der Waals surface area contributed by atoms with Gasteiger partial charge in [0, 0.05) is 29.0 Å². The molecule has 0 aliphatic carbocycles. The maximum Gasteiger partial charge on any atom is 0.509 e. The third-order valence-electron chi connectivity index (χ3n) is 4.09. The number of rotatable bonds is 2. The van der Waals surface area contributed by atoms with E-state index in [0.717, 1.165) is 10.9 Å². The van der Waals surface area contributed by atoms with Crippen LogP contribution in [0.4, 0.5) is 4.79 Å². The summed E-state index contributed by atoms with van der Waals surface area (Å²) in [6.07, 6.45) is -1.30. The second-order valence-corrected chi connectivity index (χ2v) is 6.11. The number of carbonyl (C=O) groups excluding carboxylic acids is 2. The zero-order valence-electron chi connectivity index (χ0n) is 13.4. The number of hydrogen-bond acceptors (Lipinski definition) is 5. The molecule has 0 saturated carbocycles. The number of nitrogens with one attached hydrogen (secondary N) is 1. The van der Waals surface area contributed by atoms with Crippen LogP contribution in [-0.4, -0.2) is 66.9 Å². The Hall–Kier alpha value is -2.25. The predicted molar refractivity (Wildman–Crippen MR) is 89.1 cm³/mol. The van der Waals surface area contributed by atoms with Crippen molar-refractivity contribution in [1.82, 2.24) is 14.8 Å². The van der Waals surface area contributed by atoms with Crippen molar-refractivity contribution in [3.63, 3.8) is 0 Å². The highest BCUT2D eigenvalue weighted by atomic mass is 35.5. The third-order valence-corrected chi connectivity index (χ3v) is 4.33. The van der Waals surface area contributed by atoms with Gasteiger partial charge in [0.15, 0.2) is 6.23 Å². The molecule has 1 amide bonds. The SMILES string of the molecule is COC(=O)OC1CN(C(=O)c2cc3cc(Cl)ccc3[nH]2)CCN1C. The number of amides is 1. The van der Waals surface area contributed by atoms with E-state index in [1.54, 1.807) is 23.1 Å². The van der Waals surface area contributed by atoms with Crippen molar-refractivity contribution in [3.8, 4) is 0 Å². The summed E-state index contributed by atoms with van der Waals surface area (Å²) in [7, 11) is 3.09. The van der Waals surface area contributed by atoms with Gasteiger partial charge in [0.1, 0.15) is 5.69 Å². The molecule has 1 fully saturated rings. The number of fused-ring (bicyclic) bond motifs is 1. The van der Waals surface area contributed by atoms with Gasteiger partial charge in [0.05, 0.1) is 13.7 Å². The van der Waals surface area contributed by atoms with Gasteiger partial charge in [-0.1, -0.05) is 11.6 Å². The fourth-order valence-electron chi connectivity index (χ4n) is 2.70. The summed E-state index contributed by atoms with van der Waals surface area (Å²) in [6.45, 7) is 1.42. The minimum atomic E-state index is -0.763. The molecular weight excluding hydrogens is 334 g/mol. The third kappa shape index (κ3) is 3.32. The summed E-state index contributed by atoms with van der Waals surface area (Å²) >= 11 is 5.98. The van der Waals surface area contributed by atoms with Crippen LogP contribution in [0.25, 0.3) is 10.9 Å². The first-order valence-electron chi connectivity index (χ1n) is 7.50. The van der Waals surface area contributed by atoms with Crippen LogP contribution in [0.2, 0.25) is 5.02 Å². The fraction of sp³-hybridized carbons (Fsp3) is 0.375. The van der Waals surface area contributed by atoms with Gasteiger partial charge in [-0.25, -0.2) is 4.79 Å². The number of ether oxygens (including phenoxy) is 2. The van der Waals surface area contributed by atoms with Crippen LogP contribution >= 0.6 is 11.6 Å². The number of carbonyl (C=O) groups is 2. The Labute approximate surface area is 144 Å². The van der Waals surface area contributed by atoms with Crippen LogP contribution < -0.4 is 0 Å². The number of likely N-dealkylation sites (N-methyl/N-ethyl adjacent to an activating group) is 1. The topological polar surface area (TPSA) is 74.9 Å². The van der Waals surface area contributed by atoms with E-state index in [1.807, 2.05) is 18.0 Å². The molecular formula is C16H18ClN3O4. The average Bonchev–Trinajstić information content (AvgIpc) is 2.99. The summed E-state index contributed by atoms with van der Waals surface area (Å²) < 4.78 is 9.71. The number of halogens is 1. The Morgan fingerprint density at radius 3 is 2.83 bits per heavy atom. The first kappa shape index (κ1) is 16.6. The summed E-state index contributed by atoms with van der Waals surface area (Å²) in [4.78, 5) is 30.7. The minimum Gasteiger partial charge on any atom is -0.438 e. The highest BCUT2D eigenvalue weighted by Crippen LogP contribution is 2.21. The zero-order chi connectivity index (χ0) is 17.3. The molecule has 1 aromatic heterocycles. The number of benzene rings is 1. The van der Waals surface area contributed by atoms with Crippen LogP contribution in [0.1, 0.15) is 10.5 Å². The molecule has 1 atom stereocenters. The van der Waals surface area contributed by atoms with E-state index in [2.05, 4.69) is 9.72 Å². The maximum absolute atomic E-state index is 12.7. The molecule has 1 aromatic carbocycles. The lowest BCUT2D eigenvalue weighted by atomic mass is 10.2. The molecule has 2 heterocycles. The van der Waals surface area contributed by atoms with Crippen LogP contribution in [0.15, 0.2) is 24.3 Å². The van der Waals surface area contributed by atoms with E-state index < -0.39 is 12.4 Å². The first-order valence-corrected chi connectivity index (χ1v) is 7.88. The maximum atomic E-state index is 12.7. The van der Waals surface area contributed by atoms with Gasteiger partial charge in [-0.3, -0.25) is 9.69 Å². The highest BCUT2D eigenvalue weighted by Gasteiger charge is 2.31. The highest BCUT2D eigenvalue weighted by molar-refractivity contribution is 6.31. The standard InChI is InChI=1S/C16H18ClN3O4/c1-19-5-6-20(9-14(19)24-16(22)23-2)15(21)13-8-10-7-11(17)3-4-12(10)18-13/h3-4,7-8,14,18H,5-6,9H2,1-2H3. The van der Waals surface area contributed by atoms with Gasteiger partial charge in [0.2, 0.25) is 0 Å². The van der Waals surface area contributed by atoms with Crippen LogP contribution in [0.5, 0.6) is 0 Å². The monoisotopic (exact) mass is 351 g/mol. The van der Waals surface area contributed by atoms with E-state index in [-0.39, 0.29) is 12.5 Å². The minimum absolute atomic E-state index is 0.145. The first-order chi connectivity index (χ1) is 11.5. The second-order valence-electron chi connectivity index (χ2n) is 5.67. The Morgan fingerprint density at radius 2 is 2.08 bits per heavy atom. The average molecular weight is 352 g/mol. The normalized spacial score (nSPS) is 18.6. The molecule has 24 heavy (non-hydrogen) atoms. The summed E-state index contributed by atoms with van der Waals surface area (Å²) in [5.41, 5.74) is 1.33. The number of H-pyrrole nitrogens is 1. The van der Waals surface area contributed by atoms with Gasteiger partial charge in [0.25, 0.3) is 5.91 Å². The Kier molecular flexibility index (Phi) is 4.64. The lowest BCUT2D eigenvalue weighted by Gasteiger charge is -2.38. The molecule has 1 unspecified atom stereocenters. The molecule has 0 radical (unpaired) electrons. The molecule has 1 saturated heterocycles. The molecule has 3 rings (SSSR count). The number of hydrogen-bond donors (Lipinski definition) is 1. The Morgan fingerprint density at radius 1 is 1.29 bits per heavy atom. The second kappa shape index (κ2) is 6.70. The number of nitrogens with zero attached hydrogens (tertiary/aromatic N) is 2. The fourth-order valence-corrected chi connectivity index (χ4v) is 2.88. The van der Waals surface area contributed by atoms with Gasteiger partial charge in [-0.05, 0) is 31.3 Å². The molecule has 1 N–H and O–H groups in total. The smallest absolute Gasteiger partial charge is 0.438 e. The molecule has 1 aliphatic heterocycles. The van der Waals surface area contributed by atoms with Crippen LogP contribution in [-0.2, 0) is 9.47 Å². The van der Waals surface area contributed by atoms with Gasteiger partial charge in [-0.15, -0.1) is 0 Å². The van der Waals surface area contributed by atoms with Crippen molar-refractivity contribution in [2.75, 3.05) is 33.8 Å². The van der Waals surface area contributed by atoms with Gasteiger partial charge < -0.3 is 19.4 Å². The summed E-state index contributed by atoms with van der Waals surface area (Å²) in [6, 6.07) is 7.18. The Balaban J connectivity index is 1.76. The Bertz CT molecular complexity index is 776. The van der Waals surface area contributed by atoms with Crippen molar-refractivity contribution >= 4 is 34.6 Å². The van der Waals surface area contributed by atoms with E-state index >= 15 is 0 Å². The van der Waals surface area contributed by atoms with Gasteiger partial charge in [-0.2, -0.15) is 0 Å². The number of methoxy groups -OCH3 is 1. The zero-order valence-corrected chi connectivity index (χ0v) is 14.2. The van der Waals surface area contributed by atoms with E-state index in [4.69, 9.17) is 16.3 Å². The van der Waals surface area contributed by atoms with Crippen molar-refractivity contribution in [2.45, 2.75) is 6.23 Å². The van der Waals surface area contributed by atoms with Crippen molar-refractivity contribution < 1.29 is 19.1 Å². The number of aromatic nitrogens is 1. The lowest BCUT2D eigenvalue weighted by Crippen LogP contribution is -2.54. The lowest BCUT2D eigenvalue weighted by molar-refractivity contribution is -0.0648. The summed E-state index contributed by atoms with van der Waals surface area (Å²) in [5.74, 6) is -0.145. The molecule has 0 spiro atoms. The molecule has 128 valence electrons. The summed E-state index contributed by atoms with van der Waals surface area (Å²) in [5, 5.41) is 1.49. The van der Waals surface area contributed by atoms with Crippen LogP contribution in [0, 0.1) is 0 Å². The van der Waals surface area contributed by atoms with E-state index in [0.29, 0.717) is 23.8 Å². The van der Waals surface area contributed by atoms with Gasteiger partial charge >= 0.3 is 6.16 Å². The van der Waals surface area contributed by atoms with Crippen molar-refractivity contribution in [1.29, 1.82) is 0 Å². The predicted octanol–water partition coefficient (Wildman–Crippen LogP) is 2.32. The van der Waals surface area contributed by atoms with E-state index in [1.165, 1.54) is 7.11 Å². The molecule has 8 heteroatoms. The van der Waals surface area contributed by atoms with Crippen molar-refractivity contribution in [2.24, 2.45) is 0 Å².